The molecule has 17 heteroatoms. The van der Waals surface area contributed by atoms with E-state index in [1.54, 1.807) is 18.2 Å². The highest BCUT2D eigenvalue weighted by Crippen LogP contribution is 2.44. The maximum atomic E-state index is 13.9. The number of aromatic nitrogens is 2. The van der Waals surface area contributed by atoms with Gasteiger partial charge in [0.2, 0.25) is 5.88 Å². The minimum Gasteiger partial charge on any atom is -0.468 e. The number of fused-ring (bicyclic) bond motifs is 3. The van der Waals surface area contributed by atoms with E-state index in [0.29, 0.717) is 69.2 Å². The molecule has 5 heterocycles. The predicted molar refractivity (Wildman–Crippen MR) is 201 cm³/mol. The molecule has 0 unspecified atom stereocenters. The molecule has 53 heavy (non-hydrogen) atoms. The molecule has 7 rings (SSSR count). The van der Waals surface area contributed by atoms with Crippen LogP contribution in [0.25, 0.3) is 11.0 Å². The summed E-state index contributed by atoms with van der Waals surface area (Å²) in [6, 6.07) is 14.8. The first-order valence-corrected chi connectivity index (χ1v) is 22.9. The highest BCUT2D eigenvalue weighted by atomic mass is 32.2. The lowest BCUT2D eigenvalue weighted by molar-refractivity contribution is -0.384. The maximum absolute atomic E-state index is 13.9. The van der Waals surface area contributed by atoms with Crippen molar-refractivity contribution in [3.63, 3.8) is 0 Å². The average Bonchev–Trinajstić information content (AvgIpc) is 3.76. The van der Waals surface area contributed by atoms with Crippen LogP contribution < -0.4 is 19.7 Å². The Morgan fingerprint density at radius 1 is 1.06 bits per heavy atom. The van der Waals surface area contributed by atoms with Gasteiger partial charge < -0.3 is 33.7 Å². The number of amides is 1. The highest BCUT2D eigenvalue weighted by molar-refractivity contribution is 7.90. The van der Waals surface area contributed by atoms with Crippen LogP contribution in [0.1, 0.15) is 23.2 Å². The van der Waals surface area contributed by atoms with E-state index in [-0.39, 0.29) is 23.2 Å². The van der Waals surface area contributed by atoms with E-state index in [0.717, 1.165) is 30.3 Å². The Hall–Kier alpha value is -4.55. The van der Waals surface area contributed by atoms with Crippen molar-refractivity contribution in [1.29, 1.82) is 0 Å². The van der Waals surface area contributed by atoms with Crippen LogP contribution in [0.3, 0.4) is 0 Å². The zero-order chi connectivity index (χ0) is 37.3. The lowest BCUT2D eigenvalue weighted by Crippen LogP contribution is -2.47. The summed E-state index contributed by atoms with van der Waals surface area (Å²) in [6.45, 7) is 10.3. The van der Waals surface area contributed by atoms with Gasteiger partial charge in [0.15, 0.2) is 0 Å². The van der Waals surface area contributed by atoms with Crippen LogP contribution in [0, 0.1) is 16.0 Å². The van der Waals surface area contributed by atoms with Crippen molar-refractivity contribution >= 4 is 57.8 Å². The Balaban J connectivity index is 1.15. The van der Waals surface area contributed by atoms with Crippen molar-refractivity contribution in [2.75, 3.05) is 49.8 Å². The summed E-state index contributed by atoms with van der Waals surface area (Å²) in [5, 5.41) is 15.9. The normalized spacial score (nSPS) is 19.0. The summed E-state index contributed by atoms with van der Waals surface area (Å²) in [7, 11) is -5.77. The van der Waals surface area contributed by atoms with E-state index in [1.165, 1.54) is 18.2 Å². The number of carbonyl (C=O) groups is 1. The van der Waals surface area contributed by atoms with Gasteiger partial charge in [-0.3, -0.25) is 14.9 Å². The summed E-state index contributed by atoms with van der Waals surface area (Å²) in [6.07, 6.45) is 3.17. The first kappa shape index (κ1) is 36.8. The standard InChI is InChI=1S/C36H44N6O9SSi/c1-53(2,3)17-16-49-23-40-13-10-25-18-31-36(38-34(25)40)51-33-22-50-21-32(33)41(31)29-7-5-4-6-27(29)35(43)39-52(46,47)26-8-9-28(30(19-26)42(44)45)37-20-24-11-14-48-15-12-24/h4-10,13,18-19,24,32-33,37H,11-12,14-17,20-23H2,1-3H3,(H,39,43)/t32-,33-/m1/s1. The number of pyridine rings is 1. The molecule has 3 aliphatic heterocycles. The van der Waals surface area contributed by atoms with Crippen LogP contribution in [0.5, 0.6) is 5.88 Å². The third-order valence-corrected chi connectivity index (χ3v) is 12.8. The number of para-hydroxylation sites is 1. The monoisotopic (exact) mass is 764 g/mol. The molecule has 2 aromatic heterocycles. The molecule has 4 aromatic rings. The second-order valence-electron chi connectivity index (χ2n) is 14.8. The van der Waals surface area contributed by atoms with Gasteiger partial charge in [-0.25, -0.2) is 13.1 Å². The average molecular weight is 765 g/mol. The van der Waals surface area contributed by atoms with Gasteiger partial charge in [0, 0.05) is 52.1 Å². The third-order valence-electron chi connectivity index (χ3n) is 9.80. The molecule has 15 nitrogen and oxygen atoms in total. The summed E-state index contributed by atoms with van der Waals surface area (Å²) in [4.78, 5) is 31.7. The summed E-state index contributed by atoms with van der Waals surface area (Å²) >= 11 is 0. The van der Waals surface area contributed by atoms with Crippen LogP contribution in [0.15, 0.2) is 65.7 Å². The van der Waals surface area contributed by atoms with E-state index in [1.807, 2.05) is 27.8 Å². The number of ether oxygens (including phenoxy) is 4. The number of nitrogens with one attached hydrogen (secondary N) is 2. The Labute approximate surface area is 308 Å². The molecule has 3 aliphatic rings. The number of rotatable bonds is 13. The number of benzene rings is 2. The quantitative estimate of drug-likeness (QED) is 0.0757. The number of nitro benzene ring substituents is 1. The first-order valence-electron chi connectivity index (χ1n) is 17.8. The van der Waals surface area contributed by atoms with Crippen LogP contribution in [-0.4, -0.2) is 88.6 Å². The number of sulfonamides is 1. The molecule has 0 aliphatic carbocycles. The summed E-state index contributed by atoms with van der Waals surface area (Å²) in [5.74, 6) is -0.265. The smallest absolute Gasteiger partial charge is 0.293 e. The van der Waals surface area contributed by atoms with E-state index in [9.17, 15) is 23.3 Å². The predicted octanol–water partition coefficient (Wildman–Crippen LogP) is 5.51. The molecule has 0 bridgehead atoms. The Bertz CT molecular complexity index is 2120. The number of nitro groups is 1. The van der Waals surface area contributed by atoms with Gasteiger partial charge in [0.05, 0.1) is 40.3 Å². The van der Waals surface area contributed by atoms with Crippen molar-refractivity contribution < 1.29 is 37.1 Å². The Morgan fingerprint density at radius 3 is 2.62 bits per heavy atom. The van der Waals surface area contributed by atoms with Crippen molar-refractivity contribution in [2.24, 2.45) is 5.92 Å². The van der Waals surface area contributed by atoms with Gasteiger partial charge in [-0.05, 0) is 61.2 Å². The Morgan fingerprint density at radius 2 is 1.85 bits per heavy atom. The van der Waals surface area contributed by atoms with E-state index >= 15 is 0 Å². The minimum absolute atomic E-state index is 0.0762. The molecule has 0 radical (unpaired) electrons. The molecule has 0 saturated carbocycles. The highest BCUT2D eigenvalue weighted by Gasteiger charge is 2.43. The SMILES string of the molecule is C[Si](C)(C)CCOCn1ccc2cc3c(nc21)O[C@@H]1COC[C@H]1N3c1ccccc1C(=O)NS(=O)(=O)c1ccc(NCC2CCOCC2)c([N+](=O)[O-])c1. The topological polar surface area (TPSA) is 176 Å². The zero-order valence-corrected chi connectivity index (χ0v) is 31.8. The fourth-order valence-electron chi connectivity index (χ4n) is 6.79. The van der Waals surface area contributed by atoms with Gasteiger partial charge >= 0.3 is 0 Å². The minimum atomic E-state index is -4.53. The van der Waals surface area contributed by atoms with E-state index in [4.69, 9.17) is 23.9 Å². The largest absolute Gasteiger partial charge is 0.468 e. The molecule has 2 fully saturated rings. The van der Waals surface area contributed by atoms with Crippen molar-refractivity contribution in [3.05, 3.63) is 76.5 Å². The van der Waals surface area contributed by atoms with E-state index < -0.39 is 45.6 Å². The summed E-state index contributed by atoms with van der Waals surface area (Å²) in [5.41, 5.74) is 1.58. The first-order chi connectivity index (χ1) is 25.4. The molecule has 2 N–H and O–H groups in total. The Kier molecular flexibility index (Phi) is 10.5. The molecule has 2 aromatic carbocycles. The lowest BCUT2D eigenvalue weighted by Gasteiger charge is -2.39. The number of carbonyl (C=O) groups excluding carboxylic acids is 1. The number of hydrogen-bond donors (Lipinski definition) is 2. The van der Waals surface area contributed by atoms with Crippen molar-refractivity contribution in [2.45, 2.75) is 62.3 Å². The van der Waals surface area contributed by atoms with Gasteiger partial charge in [0.1, 0.15) is 29.9 Å². The van der Waals surface area contributed by atoms with Gasteiger partial charge in [-0.2, -0.15) is 4.98 Å². The van der Waals surface area contributed by atoms with Gasteiger partial charge in [0.25, 0.3) is 21.6 Å². The zero-order valence-electron chi connectivity index (χ0n) is 29.9. The second kappa shape index (κ2) is 15.1. The van der Waals surface area contributed by atoms with Crippen LogP contribution in [0.2, 0.25) is 25.7 Å². The van der Waals surface area contributed by atoms with Crippen LogP contribution in [0.4, 0.5) is 22.7 Å². The summed E-state index contributed by atoms with van der Waals surface area (Å²) < 4.78 is 54.8. The molecule has 1 amide bonds. The molecule has 2 saturated heterocycles. The van der Waals surface area contributed by atoms with Gasteiger partial charge in [-0.15, -0.1) is 0 Å². The molecule has 282 valence electrons. The van der Waals surface area contributed by atoms with Crippen molar-refractivity contribution in [1.82, 2.24) is 14.3 Å². The maximum Gasteiger partial charge on any atom is 0.293 e. The van der Waals surface area contributed by atoms with Gasteiger partial charge in [-0.1, -0.05) is 31.8 Å². The number of hydrogen-bond acceptors (Lipinski definition) is 12. The lowest BCUT2D eigenvalue weighted by atomic mass is 10.0. The van der Waals surface area contributed by atoms with Crippen molar-refractivity contribution in [3.8, 4) is 5.88 Å². The molecule has 2 atom stereocenters. The molecular weight excluding hydrogens is 721 g/mol. The molecular formula is C36H44N6O9SSi. The van der Waals surface area contributed by atoms with Crippen LogP contribution in [-0.2, 0) is 31.0 Å². The molecule has 0 spiro atoms. The third kappa shape index (κ3) is 8.03. The van der Waals surface area contributed by atoms with Crippen LogP contribution >= 0.6 is 0 Å². The fraction of sp³-hybridized carbons (Fsp3) is 0.444. The number of anilines is 3. The fourth-order valence-corrected chi connectivity index (χ4v) is 8.54. The second-order valence-corrected chi connectivity index (χ2v) is 22.1. The number of nitrogens with zero attached hydrogens (tertiary/aromatic N) is 4. The van der Waals surface area contributed by atoms with E-state index in [2.05, 4.69) is 29.7 Å².